The predicted molar refractivity (Wildman–Crippen MR) is 98.5 cm³/mol. The first-order valence-electron chi connectivity index (χ1n) is 8.70. The highest BCUT2D eigenvalue weighted by Crippen LogP contribution is 2.34. The number of halogens is 1. The van der Waals surface area contributed by atoms with E-state index in [0.29, 0.717) is 23.6 Å². The Labute approximate surface area is 150 Å². The fourth-order valence-corrected chi connectivity index (χ4v) is 3.36. The molecule has 3 rings (SSSR count). The minimum atomic E-state index is -0.371. The van der Waals surface area contributed by atoms with Crippen LogP contribution in [-0.2, 0) is 12.0 Å². The molecule has 24 heavy (non-hydrogen) atoms. The zero-order valence-corrected chi connectivity index (χ0v) is 15.6. The van der Waals surface area contributed by atoms with E-state index in [-0.39, 0.29) is 17.9 Å². The standard InChI is InChI=1S/C19H27N3O.ClH/c1-13(2)15-6-8-16(9-7-15)14(3)12-17-21-18(22-23-17)19(20)10-4-5-11-19;/h6-9,13-14H,4-5,10-12,20H2,1-3H3;1H. The Morgan fingerprint density at radius 2 is 1.67 bits per heavy atom. The summed E-state index contributed by atoms with van der Waals surface area (Å²) in [5, 5.41) is 4.14. The van der Waals surface area contributed by atoms with E-state index >= 15 is 0 Å². The van der Waals surface area contributed by atoms with E-state index in [4.69, 9.17) is 10.3 Å². The molecule has 0 spiro atoms. The highest BCUT2D eigenvalue weighted by Gasteiger charge is 2.36. The monoisotopic (exact) mass is 349 g/mol. The Kier molecular flexibility index (Phi) is 6.05. The zero-order chi connectivity index (χ0) is 16.4. The van der Waals surface area contributed by atoms with Crippen LogP contribution in [0.15, 0.2) is 28.8 Å². The van der Waals surface area contributed by atoms with Gasteiger partial charge in [0.1, 0.15) is 0 Å². The lowest BCUT2D eigenvalue weighted by atomic mass is 9.94. The first-order chi connectivity index (χ1) is 11.0. The van der Waals surface area contributed by atoms with Crippen LogP contribution in [0.3, 0.4) is 0 Å². The predicted octanol–water partition coefficient (Wildman–Crippen LogP) is 4.69. The molecule has 132 valence electrons. The molecule has 1 saturated carbocycles. The Balaban J connectivity index is 0.00000208. The third-order valence-corrected chi connectivity index (χ3v) is 5.06. The second kappa shape index (κ2) is 7.66. The molecule has 2 aromatic rings. The summed E-state index contributed by atoms with van der Waals surface area (Å²) in [4.78, 5) is 4.57. The fourth-order valence-electron chi connectivity index (χ4n) is 3.36. The molecule has 0 aliphatic heterocycles. The number of aromatic nitrogens is 2. The van der Waals surface area contributed by atoms with Crippen LogP contribution in [0.5, 0.6) is 0 Å². The normalized spacial score (nSPS) is 17.7. The molecule has 1 aromatic heterocycles. The van der Waals surface area contributed by atoms with Crippen LogP contribution in [-0.4, -0.2) is 10.1 Å². The molecule has 0 radical (unpaired) electrons. The van der Waals surface area contributed by atoms with Crippen LogP contribution in [0.2, 0.25) is 0 Å². The summed E-state index contributed by atoms with van der Waals surface area (Å²) in [6.45, 7) is 6.62. The van der Waals surface area contributed by atoms with Gasteiger partial charge >= 0.3 is 0 Å². The number of nitrogens with two attached hydrogens (primary N) is 1. The molecular formula is C19H28ClN3O. The van der Waals surface area contributed by atoms with E-state index in [2.05, 4.69) is 55.2 Å². The molecule has 0 amide bonds. The van der Waals surface area contributed by atoms with Gasteiger partial charge in [0.05, 0.1) is 5.54 Å². The molecule has 0 saturated heterocycles. The minimum Gasteiger partial charge on any atom is -0.339 e. The maximum atomic E-state index is 6.40. The van der Waals surface area contributed by atoms with Gasteiger partial charge in [0, 0.05) is 6.42 Å². The van der Waals surface area contributed by atoms with E-state index < -0.39 is 0 Å². The maximum absolute atomic E-state index is 6.40. The maximum Gasteiger partial charge on any atom is 0.227 e. The van der Waals surface area contributed by atoms with Gasteiger partial charge in [-0.1, -0.05) is 63.0 Å². The number of hydrogen-bond acceptors (Lipinski definition) is 4. The van der Waals surface area contributed by atoms with E-state index in [1.807, 2.05) is 0 Å². The summed E-state index contributed by atoms with van der Waals surface area (Å²) < 4.78 is 5.46. The lowest BCUT2D eigenvalue weighted by Gasteiger charge is -2.17. The van der Waals surface area contributed by atoms with Crippen LogP contribution in [0.4, 0.5) is 0 Å². The number of nitrogens with zero attached hydrogens (tertiary/aromatic N) is 2. The van der Waals surface area contributed by atoms with Gasteiger partial charge in [-0.25, -0.2) is 0 Å². The van der Waals surface area contributed by atoms with Crippen LogP contribution < -0.4 is 5.73 Å². The van der Waals surface area contributed by atoms with Crippen molar-refractivity contribution in [2.45, 2.75) is 70.3 Å². The zero-order valence-electron chi connectivity index (χ0n) is 14.8. The molecule has 4 nitrogen and oxygen atoms in total. The third kappa shape index (κ3) is 3.98. The summed E-state index contributed by atoms with van der Waals surface area (Å²) in [5.74, 6) is 2.29. The van der Waals surface area contributed by atoms with Crippen LogP contribution in [0, 0.1) is 0 Å². The van der Waals surface area contributed by atoms with E-state index in [1.54, 1.807) is 0 Å². The molecule has 1 unspecified atom stereocenters. The van der Waals surface area contributed by atoms with Crippen molar-refractivity contribution < 1.29 is 4.52 Å². The summed E-state index contributed by atoms with van der Waals surface area (Å²) >= 11 is 0. The topological polar surface area (TPSA) is 64.9 Å². The third-order valence-electron chi connectivity index (χ3n) is 5.06. The first-order valence-corrected chi connectivity index (χ1v) is 8.70. The number of benzene rings is 1. The van der Waals surface area contributed by atoms with Crippen molar-refractivity contribution in [1.82, 2.24) is 10.1 Å². The van der Waals surface area contributed by atoms with Gasteiger partial charge in [-0.05, 0) is 35.8 Å². The molecule has 1 heterocycles. The second-order valence-corrected chi connectivity index (χ2v) is 7.30. The van der Waals surface area contributed by atoms with Gasteiger partial charge in [0.2, 0.25) is 5.89 Å². The second-order valence-electron chi connectivity index (χ2n) is 7.30. The largest absolute Gasteiger partial charge is 0.339 e. The minimum absolute atomic E-state index is 0. The van der Waals surface area contributed by atoms with Crippen molar-refractivity contribution in [3.05, 3.63) is 47.1 Å². The Hall–Kier alpha value is -1.39. The van der Waals surface area contributed by atoms with Crippen LogP contribution >= 0.6 is 12.4 Å². The average molecular weight is 350 g/mol. The Morgan fingerprint density at radius 1 is 1.08 bits per heavy atom. The molecular weight excluding hydrogens is 322 g/mol. The summed E-state index contributed by atoms with van der Waals surface area (Å²) in [6.07, 6.45) is 4.97. The van der Waals surface area contributed by atoms with Crippen molar-refractivity contribution in [1.29, 1.82) is 0 Å². The average Bonchev–Trinajstić information content (AvgIpc) is 3.17. The quantitative estimate of drug-likeness (QED) is 0.850. The summed E-state index contributed by atoms with van der Waals surface area (Å²) in [6, 6.07) is 8.84. The smallest absolute Gasteiger partial charge is 0.227 e. The Bertz CT molecular complexity index is 645. The molecule has 1 aliphatic rings. The lowest BCUT2D eigenvalue weighted by molar-refractivity contribution is 0.345. The van der Waals surface area contributed by atoms with Gasteiger partial charge < -0.3 is 10.3 Å². The van der Waals surface area contributed by atoms with E-state index in [9.17, 15) is 0 Å². The first kappa shape index (κ1) is 18.9. The van der Waals surface area contributed by atoms with E-state index in [1.165, 1.54) is 11.1 Å². The van der Waals surface area contributed by atoms with Crippen LogP contribution in [0.1, 0.15) is 81.1 Å². The Morgan fingerprint density at radius 3 is 2.25 bits per heavy atom. The van der Waals surface area contributed by atoms with Crippen LogP contribution in [0.25, 0.3) is 0 Å². The molecule has 0 bridgehead atoms. The van der Waals surface area contributed by atoms with Gasteiger partial charge in [-0.3, -0.25) is 0 Å². The highest BCUT2D eigenvalue weighted by atomic mass is 35.5. The lowest BCUT2D eigenvalue weighted by Crippen LogP contribution is -2.34. The van der Waals surface area contributed by atoms with Crippen molar-refractivity contribution in [3.63, 3.8) is 0 Å². The molecule has 1 fully saturated rings. The van der Waals surface area contributed by atoms with Crippen molar-refractivity contribution >= 4 is 12.4 Å². The van der Waals surface area contributed by atoms with Gasteiger partial charge in [0.15, 0.2) is 5.82 Å². The SMILES string of the molecule is CC(C)c1ccc(C(C)Cc2nc(C3(N)CCCC3)no2)cc1.Cl. The molecule has 1 atom stereocenters. The molecule has 5 heteroatoms. The molecule has 1 aliphatic carbocycles. The van der Waals surface area contributed by atoms with Crippen molar-refractivity contribution in [2.75, 3.05) is 0 Å². The van der Waals surface area contributed by atoms with Gasteiger partial charge in [0.25, 0.3) is 0 Å². The summed E-state index contributed by atoms with van der Waals surface area (Å²) in [5.41, 5.74) is 8.70. The molecule has 1 aromatic carbocycles. The van der Waals surface area contributed by atoms with E-state index in [0.717, 1.165) is 32.1 Å². The van der Waals surface area contributed by atoms with Gasteiger partial charge in [-0.2, -0.15) is 4.98 Å². The van der Waals surface area contributed by atoms with Gasteiger partial charge in [-0.15, -0.1) is 12.4 Å². The summed E-state index contributed by atoms with van der Waals surface area (Å²) in [7, 11) is 0. The number of hydrogen-bond donors (Lipinski definition) is 1. The fraction of sp³-hybridized carbons (Fsp3) is 0.579. The van der Waals surface area contributed by atoms with Crippen molar-refractivity contribution in [3.8, 4) is 0 Å². The molecule has 2 N–H and O–H groups in total. The van der Waals surface area contributed by atoms with Crippen molar-refractivity contribution in [2.24, 2.45) is 5.73 Å². The highest BCUT2D eigenvalue weighted by molar-refractivity contribution is 5.85. The number of rotatable bonds is 5.